The number of carbonyl (C=O) groups excluding carboxylic acids is 2. The summed E-state index contributed by atoms with van der Waals surface area (Å²) >= 11 is 0. The SMILES string of the molecule is CC(C)NC(=O)c1cn(C[C@@H]2C[C@H](F)CN2C(=O)c2cn[nH]c2-c2ccccc2)nn1. The second kappa shape index (κ2) is 8.66. The fourth-order valence-corrected chi connectivity index (χ4v) is 3.75. The van der Waals surface area contributed by atoms with Crippen LogP contribution < -0.4 is 5.32 Å². The molecule has 4 rings (SSSR count). The Hall–Kier alpha value is -3.56. The number of benzene rings is 1. The maximum Gasteiger partial charge on any atom is 0.273 e. The molecule has 0 unspecified atom stereocenters. The van der Waals surface area contributed by atoms with Crippen LogP contribution in [0.3, 0.4) is 0 Å². The first-order chi connectivity index (χ1) is 14.9. The monoisotopic (exact) mass is 425 g/mol. The quantitative estimate of drug-likeness (QED) is 0.628. The molecule has 2 aromatic heterocycles. The normalized spacial score (nSPS) is 18.5. The molecule has 31 heavy (non-hydrogen) atoms. The van der Waals surface area contributed by atoms with Crippen LogP contribution in [0.5, 0.6) is 0 Å². The molecule has 0 radical (unpaired) electrons. The van der Waals surface area contributed by atoms with Crippen LogP contribution in [-0.2, 0) is 6.54 Å². The molecular weight excluding hydrogens is 401 g/mol. The maximum absolute atomic E-state index is 14.3. The van der Waals surface area contributed by atoms with E-state index in [9.17, 15) is 14.0 Å². The van der Waals surface area contributed by atoms with Crippen molar-refractivity contribution in [1.82, 2.24) is 35.4 Å². The van der Waals surface area contributed by atoms with Crippen molar-refractivity contribution < 1.29 is 14.0 Å². The minimum Gasteiger partial charge on any atom is -0.348 e. The van der Waals surface area contributed by atoms with Gasteiger partial charge in [-0.2, -0.15) is 5.10 Å². The number of nitrogens with zero attached hydrogens (tertiary/aromatic N) is 5. The number of nitrogens with one attached hydrogen (secondary N) is 2. The minimum absolute atomic E-state index is 0.00169. The number of likely N-dealkylation sites (tertiary alicyclic amines) is 1. The van der Waals surface area contributed by atoms with E-state index in [0.717, 1.165) is 5.56 Å². The van der Waals surface area contributed by atoms with Gasteiger partial charge in [-0.15, -0.1) is 5.10 Å². The van der Waals surface area contributed by atoms with Gasteiger partial charge in [0, 0.05) is 18.0 Å². The molecule has 1 aliphatic heterocycles. The Balaban J connectivity index is 1.52. The van der Waals surface area contributed by atoms with Crippen molar-refractivity contribution in [3.63, 3.8) is 0 Å². The van der Waals surface area contributed by atoms with Gasteiger partial charge in [0.1, 0.15) is 6.17 Å². The van der Waals surface area contributed by atoms with Crippen molar-refractivity contribution >= 4 is 11.8 Å². The van der Waals surface area contributed by atoms with Crippen molar-refractivity contribution in [3.05, 3.63) is 54.0 Å². The Bertz CT molecular complexity index is 1060. The van der Waals surface area contributed by atoms with Crippen molar-refractivity contribution in [1.29, 1.82) is 0 Å². The number of halogens is 1. The fourth-order valence-electron chi connectivity index (χ4n) is 3.75. The van der Waals surface area contributed by atoms with Crippen LogP contribution >= 0.6 is 0 Å². The summed E-state index contributed by atoms with van der Waals surface area (Å²) < 4.78 is 15.8. The number of rotatable bonds is 6. The molecule has 3 heterocycles. The van der Waals surface area contributed by atoms with Crippen LogP contribution in [0.2, 0.25) is 0 Å². The Labute approximate surface area is 178 Å². The number of H-pyrrole nitrogens is 1. The first kappa shape index (κ1) is 20.7. The average molecular weight is 425 g/mol. The third-order valence-corrected chi connectivity index (χ3v) is 5.15. The second-order valence-electron chi connectivity index (χ2n) is 7.92. The molecule has 3 aromatic rings. The van der Waals surface area contributed by atoms with Gasteiger partial charge in [-0.05, 0) is 13.8 Å². The van der Waals surface area contributed by atoms with Crippen LogP contribution in [0.1, 0.15) is 41.1 Å². The number of amides is 2. The third-order valence-electron chi connectivity index (χ3n) is 5.15. The van der Waals surface area contributed by atoms with Gasteiger partial charge in [-0.25, -0.2) is 9.07 Å². The lowest BCUT2D eigenvalue weighted by Gasteiger charge is -2.24. The van der Waals surface area contributed by atoms with Crippen molar-refractivity contribution in [2.45, 2.75) is 45.1 Å². The molecule has 1 saturated heterocycles. The van der Waals surface area contributed by atoms with Crippen LogP contribution in [0.25, 0.3) is 11.3 Å². The molecule has 0 aliphatic carbocycles. The van der Waals surface area contributed by atoms with Gasteiger partial charge < -0.3 is 10.2 Å². The van der Waals surface area contributed by atoms with Gasteiger partial charge >= 0.3 is 0 Å². The number of aromatic nitrogens is 5. The summed E-state index contributed by atoms with van der Waals surface area (Å²) in [5.74, 6) is -0.620. The Morgan fingerprint density at radius 2 is 2.06 bits per heavy atom. The molecule has 0 bridgehead atoms. The van der Waals surface area contributed by atoms with E-state index >= 15 is 0 Å². The number of alkyl halides is 1. The lowest BCUT2D eigenvalue weighted by atomic mass is 10.1. The summed E-state index contributed by atoms with van der Waals surface area (Å²) in [5, 5.41) is 17.5. The minimum atomic E-state index is -1.13. The lowest BCUT2D eigenvalue weighted by Crippen LogP contribution is -2.38. The van der Waals surface area contributed by atoms with Crippen molar-refractivity contribution in [2.24, 2.45) is 0 Å². The topological polar surface area (TPSA) is 109 Å². The first-order valence-electron chi connectivity index (χ1n) is 10.2. The molecule has 1 fully saturated rings. The standard InChI is InChI=1S/C21H24FN7O2/c1-13(2)24-20(30)18-12-28(27-25-18)11-16-8-15(22)10-29(16)21(31)17-9-23-26-19(17)14-6-4-3-5-7-14/h3-7,9,12-13,15-16H,8,10-11H2,1-2H3,(H,23,26)(H,24,30)/t15-,16-/m0/s1. The van der Waals surface area contributed by atoms with E-state index in [4.69, 9.17) is 0 Å². The number of hydrogen-bond acceptors (Lipinski definition) is 5. The number of carbonyl (C=O) groups is 2. The molecule has 10 heteroatoms. The van der Waals surface area contributed by atoms with Crippen LogP contribution in [0.15, 0.2) is 42.7 Å². The van der Waals surface area contributed by atoms with E-state index in [2.05, 4.69) is 25.8 Å². The van der Waals surface area contributed by atoms with E-state index in [1.807, 2.05) is 44.2 Å². The molecule has 2 N–H and O–H groups in total. The number of hydrogen-bond donors (Lipinski definition) is 2. The molecule has 9 nitrogen and oxygen atoms in total. The highest BCUT2D eigenvalue weighted by Gasteiger charge is 2.37. The fraction of sp³-hybridized carbons (Fsp3) is 0.381. The summed E-state index contributed by atoms with van der Waals surface area (Å²) in [6.07, 6.45) is 2.04. The van der Waals surface area contributed by atoms with Gasteiger partial charge in [0.15, 0.2) is 5.69 Å². The van der Waals surface area contributed by atoms with E-state index in [1.54, 1.807) is 0 Å². The summed E-state index contributed by atoms with van der Waals surface area (Å²) in [5.41, 5.74) is 2.00. The smallest absolute Gasteiger partial charge is 0.273 e. The molecule has 1 aromatic carbocycles. The predicted molar refractivity (Wildman–Crippen MR) is 111 cm³/mol. The molecule has 2 atom stereocenters. The zero-order chi connectivity index (χ0) is 22.0. The van der Waals surface area contributed by atoms with Gasteiger partial charge in [-0.1, -0.05) is 35.5 Å². The van der Waals surface area contributed by atoms with Crippen LogP contribution in [0.4, 0.5) is 4.39 Å². The maximum atomic E-state index is 14.3. The zero-order valence-corrected chi connectivity index (χ0v) is 17.3. The van der Waals surface area contributed by atoms with Crippen LogP contribution in [0, 0.1) is 0 Å². The zero-order valence-electron chi connectivity index (χ0n) is 17.3. The van der Waals surface area contributed by atoms with E-state index in [0.29, 0.717) is 11.3 Å². The Morgan fingerprint density at radius 1 is 1.29 bits per heavy atom. The number of aromatic amines is 1. The summed E-state index contributed by atoms with van der Waals surface area (Å²) in [6, 6.07) is 8.95. The molecule has 0 spiro atoms. The van der Waals surface area contributed by atoms with Crippen molar-refractivity contribution in [3.8, 4) is 11.3 Å². The van der Waals surface area contributed by atoms with E-state index in [-0.39, 0.29) is 43.1 Å². The largest absolute Gasteiger partial charge is 0.348 e. The average Bonchev–Trinajstić information content (AvgIpc) is 3.48. The highest BCUT2D eigenvalue weighted by Crippen LogP contribution is 2.27. The molecular formula is C21H24FN7O2. The molecule has 0 saturated carbocycles. The van der Waals surface area contributed by atoms with Gasteiger partial charge in [0.25, 0.3) is 11.8 Å². The highest BCUT2D eigenvalue weighted by atomic mass is 19.1. The molecule has 162 valence electrons. The van der Waals surface area contributed by atoms with E-state index < -0.39 is 12.2 Å². The summed E-state index contributed by atoms with van der Waals surface area (Å²) in [6.45, 7) is 3.95. The molecule has 2 amide bonds. The lowest BCUT2D eigenvalue weighted by molar-refractivity contribution is 0.0715. The summed E-state index contributed by atoms with van der Waals surface area (Å²) in [7, 11) is 0. The predicted octanol–water partition coefficient (Wildman–Crippen LogP) is 2.06. The van der Waals surface area contributed by atoms with E-state index in [1.165, 1.54) is 22.0 Å². The second-order valence-corrected chi connectivity index (χ2v) is 7.92. The van der Waals surface area contributed by atoms with Gasteiger partial charge in [0.05, 0.1) is 42.8 Å². The summed E-state index contributed by atoms with van der Waals surface area (Å²) in [4.78, 5) is 26.9. The van der Waals surface area contributed by atoms with Crippen LogP contribution in [-0.4, -0.2) is 66.7 Å². The third kappa shape index (κ3) is 4.47. The Morgan fingerprint density at radius 3 is 2.81 bits per heavy atom. The van der Waals surface area contributed by atoms with Crippen molar-refractivity contribution in [2.75, 3.05) is 6.54 Å². The first-order valence-corrected chi connectivity index (χ1v) is 10.2. The van der Waals surface area contributed by atoms with Gasteiger partial charge in [0.2, 0.25) is 0 Å². The van der Waals surface area contributed by atoms with Gasteiger partial charge in [-0.3, -0.25) is 14.7 Å². The molecule has 1 aliphatic rings. The highest BCUT2D eigenvalue weighted by molar-refractivity contribution is 6.00. The Kier molecular flexibility index (Phi) is 5.79.